The standard InChI is InChI=1S/C12H17FN2/c1-12(2)6-3-4-10(12)15-9-5-7-14-11(13)8-9/h5,7-8,10H,3-4,6H2,1-2H3,(H,14,15). The lowest BCUT2D eigenvalue weighted by molar-refractivity contribution is 0.350. The van der Waals surface area contributed by atoms with Gasteiger partial charge in [-0.25, -0.2) is 4.98 Å². The van der Waals surface area contributed by atoms with Crippen LogP contribution in [0.1, 0.15) is 33.1 Å². The first kappa shape index (κ1) is 10.4. The minimum absolute atomic E-state index is 0.305. The van der Waals surface area contributed by atoms with Gasteiger partial charge in [-0.2, -0.15) is 4.39 Å². The summed E-state index contributed by atoms with van der Waals surface area (Å²) in [7, 11) is 0. The molecule has 0 radical (unpaired) electrons. The molecule has 1 aliphatic rings. The molecule has 3 heteroatoms. The molecule has 15 heavy (non-hydrogen) atoms. The maximum atomic E-state index is 12.9. The van der Waals surface area contributed by atoms with E-state index < -0.39 is 5.95 Å². The van der Waals surface area contributed by atoms with Crippen LogP contribution in [0, 0.1) is 11.4 Å². The molecule has 1 fully saturated rings. The molecule has 0 saturated heterocycles. The first-order chi connectivity index (χ1) is 7.08. The van der Waals surface area contributed by atoms with Gasteiger partial charge in [0, 0.05) is 24.0 Å². The molecule has 1 saturated carbocycles. The summed E-state index contributed by atoms with van der Waals surface area (Å²) >= 11 is 0. The van der Waals surface area contributed by atoms with Crippen molar-refractivity contribution in [3.05, 3.63) is 24.3 Å². The van der Waals surface area contributed by atoms with Crippen molar-refractivity contribution in [3.8, 4) is 0 Å². The number of halogens is 1. The minimum atomic E-state index is -0.421. The maximum Gasteiger partial charge on any atom is 0.214 e. The van der Waals surface area contributed by atoms with Crippen LogP contribution in [0.4, 0.5) is 10.1 Å². The molecule has 0 aromatic carbocycles. The number of nitrogens with one attached hydrogen (secondary N) is 1. The Hall–Kier alpha value is -1.12. The molecule has 0 bridgehead atoms. The average molecular weight is 208 g/mol. The van der Waals surface area contributed by atoms with Crippen LogP contribution in [0.2, 0.25) is 0 Å². The molecule has 82 valence electrons. The Morgan fingerprint density at radius 1 is 1.53 bits per heavy atom. The number of anilines is 1. The first-order valence-electron chi connectivity index (χ1n) is 5.46. The quantitative estimate of drug-likeness (QED) is 0.755. The zero-order chi connectivity index (χ0) is 10.9. The molecule has 0 spiro atoms. The van der Waals surface area contributed by atoms with E-state index >= 15 is 0 Å². The highest BCUT2D eigenvalue weighted by Crippen LogP contribution is 2.38. The summed E-state index contributed by atoms with van der Waals surface area (Å²) in [5, 5.41) is 3.39. The zero-order valence-corrected chi connectivity index (χ0v) is 9.26. The monoisotopic (exact) mass is 208 g/mol. The normalized spacial score (nSPS) is 24.1. The predicted molar refractivity (Wildman–Crippen MR) is 59.2 cm³/mol. The molecule has 1 atom stereocenters. The van der Waals surface area contributed by atoms with Gasteiger partial charge >= 0.3 is 0 Å². The van der Waals surface area contributed by atoms with Crippen molar-refractivity contribution in [1.82, 2.24) is 4.98 Å². The third-order valence-electron chi connectivity index (χ3n) is 3.32. The van der Waals surface area contributed by atoms with Crippen LogP contribution in [0.25, 0.3) is 0 Å². The van der Waals surface area contributed by atoms with Gasteiger partial charge in [-0.05, 0) is 24.3 Å². The van der Waals surface area contributed by atoms with Gasteiger partial charge in [0.25, 0.3) is 0 Å². The SMILES string of the molecule is CC1(C)CCCC1Nc1ccnc(F)c1. The molecular formula is C12H17FN2. The van der Waals surface area contributed by atoms with Gasteiger partial charge in [0.15, 0.2) is 0 Å². The van der Waals surface area contributed by atoms with Crippen molar-refractivity contribution in [2.45, 2.75) is 39.2 Å². The van der Waals surface area contributed by atoms with E-state index in [1.165, 1.54) is 25.1 Å². The topological polar surface area (TPSA) is 24.9 Å². The molecule has 1 N–H and O–H groups in total. The maximum absolute atomic E-state index is 12.9. The lowest BCUT2D eigenvalue weighted by atomic mass is 9.87. The van der Waals surface area contributed by atoms with E-state index in [4.69, 9.17) is 0 Å². The fraction of sp³-hybridized carbons (Fsp3) is 0.583. The molecular weight excluding hydrogens is 191 g/mol. The van der Waals surface area contributed by atoms with Crippen molar-refractivity contribution >= 4 is 5.69 Å². The average Bonchev–Trinajstić information content (AvgIpc) is 2.46. The number of nitrogens with zero attached hydrogens (tertiary/aromatic N) is 1. The second-order valence-electron chi connectivity index (χ2n) is 4.94. The number of rotatable bonds is 2. The van der Waals surface area contributed by atoms with Gasteiger partial charge in [0.1, 0.15) is 0 Å². The molecule has 2 rings (SSSR count). The molecule has 1 unspecified atom stereocenters. The van der Waals surface area contributed by atoms with E-state index in [-0.39, 0.29) is 0 Å². The van der Waals surface area contributed by atoms with Crippen LogP contribution < -0.4 is 5.32 Å². The molecule has 0 amide bonds. The molecule has 2 nitrogen and oxygen atoms in total. The molecule has 1 heterocycles. The Kier molecular flexibility index (Phi) is 2.63. The van der Waals surface area contributed by atoms with E-state index in [9.17, 15) is 4.39 Å². The van der Waals surface area contributed by atoms with Crippen molar-refractivity contribution in [2.75, 3.05) is 5.32 Å². The van der Waals surface area contributed by atoms with Crippen molar-refractivity contribution in [2.24, 2.45) is 5.41 Å². The smallest absolute Gasteiger partial charge is 0.214 e. The van der Waals surface area contributed by atoms with Gasteiger partial charge in [0.05, 0.1) is 0 Å². The van der Waals surface area contributed by atoms with Crippen LogP contribution in [-0.2, 0) is 0 Å². The summed E-state index contributed by atoms with van der Waals surface area (Å²) in [5.41, 5.74) is 1.14. The Bertz CT molecular complexity index is 349. The molecule has 1 aromatic heterocycles. The van der Waals surface area contributed by atoms with Gasteiger partial charge in [-0.1, -0.05) is 20.3 Å². The number of hydrogen-bond donors (Lipinski definition) is 1. The highest BCUT2D eigenvalue weighted by Gasteiger charge is 2.34. The van der Waals surface area contributed by atoms with Gasteiger partial charge in [-0.3, -0.25) is 0 Å². The summed E-state index contributed by atoms with van der Waals surface area (Å²) < 4.78 is 12.9. The summed E-state index contributed by atoms with van der Waals surface area (Å²) in [6, 6.07) is 3.71. The van der Waals surface area contributed by atoms with E-state index in [2.05, 4.69) is 24.1 Å². The second kappa shape index (κ2) is 3.80. The Labute approximate surface area is 89.9 Å². The summed E-state index contributed by atoms with van der Waals surface area (Å²) in [5.74, 6) is -0.421. The number of pyridine rings is 1. The largest absolute Gasteiger partial charge is 0.382 e. The highest BCUT2D eigenvalue weighted by molar-refractivity contribution is 5.43. The van der Waals surface area contributed by atoms with Crippen LogP contribution in [0.3, 0.4) is 0 Å². The fourth-order valence-electron chi connectivity index (χ4n) is 2.29. The zero-order valence-electron chi connectivity index (χ0n) is 9.26. The Morgan fingerprint density at radius 2 is 2.33 bits per heavy atom. The lowest BCUT2D eigenvalue weighted by Gasteiger charge is -2.28. The third kappa shape index (κ3) is 2.28. The van der Waals surface area contributed by atoms with Crippen LogP contribution in [-0.4, -0.2) is 11.0 Å². The van der Waals surface area contributed by atoms with E-state index in [0.29, 0.717) is 11.5 Å². The van der Waals surface area contributed by atoms with Gasteiger partial charge in [0.2, 0.25) is 5.95 Å². The molecule has 1 aliphatic carbocycles. The summed E-state index contributed by atoms with van der Waals surface area (Å²) in [4.78, 5) is 3.54. The van der Waals surface area contributed by atoms with Gasteiger partial charge < -0.3 is 5.32 Å². The number of aromatic nitrogens is 1. The lowest BCUT2D eigenvalue weighted by Crippen LogP contribution is -2.30. The van der Waals surface area contributed by atoms with Crippen LogP contribution in [0.5, 0.6) is 0 Å². The fourth-order valence-corrected chi connectivity index (χ4v) is 2.29. The summed E-state index contributed by atoms with van der Waals surface area (Å²) in [6.45, 7) is 4.52. The van der Waals surface area contributed by atoms with E-state index in [1.54, 1.807) is 0 Å². The van der Waals surface area contributed by atoms with E-state index in [1.807, 2.05) is 6.07 Å². The van der Waals surface area contributed by atoms with Crippen LogP contribution in [0.15, 0.2) is 18.3 Å². The Balaban J connectivity index is 2.09. The Morgan fingerprint density at radius 3 is 2.93 bits per heavy atom. The summed E-state index contributed by atoms with van der Waals surface area (Å²) in [6.07, 6.45) is 5.15. The van der Waals surface area contributed by atoms with E-state index in [0.717, 1.165) is 12.1 Å². The molecule has 1 aromatic rings. The molecule has 0 aliphatic heterocycles. The van der Waals surface area contributed by atoms with Crippen molar-refractivity contribution in [3.63, 3.8) is 0 Å². The predicted octanol–water partition coefficient (Wildman–Crippen LogP) is 3.21. The first-order valence-corrected chi connectivity index (χ1v) is 5.46. The van der Waals surface area contributed by atoms with Crippen LogP contribution >= 0.6 is 0 Å². The van der Waals surface area contributed by atoms with Crippen molar-refractivity contribution < 1.29 is 4.39 Å². The second-order valence-corrected chi connectivity index (χ2v) is 4.94. The van der Waals surface area contributed by atoms with Gasteiger partial charge in [-0.15, -0.1) is 0 Å². The number of hydrogen-bond acceptors (Lipinski definition) is 2. The highest BCUT2D eigenvalue weighted by atomic mass is 19.1. The van der Waals surface area contributed by atoms with Crippen molar-refractivity contribution in [1.29, 1.82) is 0 Å². The minimum Gasteiger partial charge on any atom is -0.382 e. The third-order valence-corrected chi connectivity index (χ3v) is 3.32.